The Kier molecular flexibility index (Phi) is 5.64. The van der Waals surface area contributed by atoms with E-state index in [-0.39, 0.29) is 12.2 Å². The molecule has 1 aliphatic heterocycles. The second kappa shape index (κ2) is 8.11. The molecule has 1 aliphatic rings. The van der Waals surface area contributed by atoms with Crippen molar-refractivity contribution in [3.8, 4) is 0 Å². The molecule has 2 aromatic rings. The maximum atomic E-state index is 6.03. The highest BCUT2D eigenvalue weighted by Gasteiger charge is 2.43. The molecular weight excluding hydrogens is 304 g/mol. The highest BCUT2D eigenvalue weighted by Crippen LogP contribution is 2.30. The standard InChI is InChI=1S/C20H22O4/c1-15-18(22-13-16-9-5-3-6-10-16)19(20(21-2)24-15)23-14-17-11-7-4-8-12-17/h3-12,18-20H,1,13-14H2,2H3/t18-,19+,20-/m1/s1. The summed E-state index contributed by atoms with van der Waals surface area (Å²) in [5.41, 5.74) is 2.18. The SMILES string of the molecule is C=C1O[C@@H](OC)[C@@H](OCc2ccccc2)[C@@H]1OCc1ccccc1. The minimum absolute atomic E-state index is 0.355. The van der Waals surface area contributed by atoms with Crippen molar-refractivity contribution in [1.82, 2.24) is 0 Å². The lowest BCUT2D eigenvalue weighted by atomic mass is 10.2. The maximum absolute atomic E-state index is 6.03. The Labute approximate surface area is 142 Å². The molecule has 0 unspecified atom stereocenters. The minimum atomic E-state index is -0.512. The van der Waals surface area contributed by atoms with Crippen molar-refractivity contribution in [3.05, 3.63) is 84.1 Å². The first-order valence-electron chi connectivity index (χ1n) is 7.97. The van der Waals surface area contributed by atoms with Crippen LogP contribution in [0, 0.1) is 0 Å². The Morgan fingerprint density at radius 1 is 0.875 bits per heavy atom. The van der Waals surface area contributed by atoms with E-state index in [1.54, 1.807) is 7.11 Å². The van der Waals surface area contributed by atoms with E-state index >= 15 is 0 Å². The number of methoxy groups -OCH3 is 1. The molecule has 3 atom stereocenters. The van der Waals surface area contributed by atoms with Gasteiger partial charge in [0.2, 0.25) is 6.29 Å². The van der Waals surface area contributed by atoms with Gasteiger partial charge in [-0.1, -0.05) is 67.2 Å². The Hall–Kier alpha value is -2.14. The molecule has 3 rings (SSSR count). The lowest BCUT2D eigenvalue weighted by molar-refractivity contribution is -0.157. The third kappa shape index (κ3) is 4.03. The molecule has 0 spiro atoms. The largest absolute Gasteiger partial charge is 0.464 e. The third-order valence-electron chi connectivity index (χ3n) is 3.94. The van der Waals surface area contributed by atoms with E-state index in [9.17, 15) is 0 Å². The summed E-state index contributed by atoms with van der Waals surface area (Å²) in [6.45, 7) is 4.88. The molecule has 4 heteroatoms. The topological polar surface area (TPSA) is 36.9 Å². The predicted molar refractivity (Wildman–Crippen MR) is 91.1 cm³/mol. The van der Waals surface area contributed by atoms with E-state index in [0.29, 0.717) is 19.0 Å². The van der Waals surface area contributed by atoms with E-state index in [1.807, 2.05) is 60.7 Å². The molecule has 24 heavy (non-hydrogen) atoms. The summed E-state index contributed by atoms with van der Waals surface area (Å²) in [5, 5.41) is 0. The monoisotopic (exact) mass is 326 g/mol. The van der Waals surface area contributed by atoms with Crippen LogP contribution in [0.2, 0.25) is 0 Å². The van der Waals surface area contributed by atoms with Crippen LogP contribution < -0.4 is 0 Å². The molecule has 0 saturated carbocycles. The number of rotatable bonds is 7. The van der Waals surface area contributed by atoms with Crippen LogP contribution >= 0.6 is 0 Å². The molecule has 0 aromatic heterocycles. The highest BCUT2D eigenvalue weighted by atomic mass is 16.7. The van der Waals surface area contributed by atoms with Crippen LogP contribution in [0.25, 0.3) is 0 Å². The number of ether oxygens (including phenoxy) is 4. The van der Waals surface area contributed by atoms with Crippen molar-refractivity contribution in [2.45, 2.75) is 31.7 Å². The van der Waals surface area contributed by atoms with E-state index in [4.69, 9.17) is 18.9 Å². The van der Waals surface area contributed by atoms with Gasteiger partial charge in [0.25, 0.3) is 0 Å². The zero-order valence-corrected chi connectivity index (χ0v) is 13.8. The van der Waals surface area contributed by atoms with Crippen molar-refractivity contribution < 1.29 is 18.9 Å². The molecule has 4 nitrogen and oxygen atoms in total. The highest BCUT2D eigenvalue weighted by molar-refractivity contribution is 5.15. The van der Waals surface area contributed by atoms with Crippen LogP contribution in [0.5, 0.6) is 0 Å². The van der Waals surface area contributed by atoms with Gasteiger partial charge >= 0.3 is 0 Å². The van der Waals surface area contributed by atoms with E-state index < -0.39 is 6.29 Å². The second-order valence-electron chi connectivity index (χ2n) is 5.67. The summed E-state index contributed by atoms with van der Waals surface area (Å²) < 4.78 is 23.1. The average molecular weight is 326 g/mol. The van der Waals surface area contributed by atoms with Gasteiger partial charge in [-0.3, -0.25) is 0 Å². The Bertz CT molecular complexity index is 641. The van der Waals surface area contributed by atoms with Crippen LogP contribution in [-0.4, -0.2) is 25.6 Å². The molecule has 0 N–H and O–H groups in total. The summed E-state index contributed by atoms with van der Waals surface area (Å²) >= 11 is 0. The third-order valence-corrected chi connectivity index (χ3v) is 3.94. The van der Waals surface area contributed by atoms with Crippen LogP contribution in [0.3, 0.4) is 0 Å². The summed E-state index contributed by atoms with van der Waals surface area (Å²) in [6, 6.07) is 20.0. The van der Waals surface area contributed by atoms with Gasteiger partial charge in [-0.15, -0.1) is 0 Å². The molecule has 1 fully saturated rings. The van der Waals surface area contributed by atoms with Crippen LogP contribution in [-0.2, 0) is 32.2 Å². The average Bonchev–Trinajstić information content (AvgIpc) is 2.94. The summed E-state index contributed by atoms with van der Waals surface area (Å²) in [4.78, 5) is 0. The van der Waals surface area contributed by atoms with Gasteiger partial charge in [0, 0.05) is 7.11 Å². The molecule has 126 valence electrons. The fourth-order valence-electron chi connectivity index (χ4n) is 2.67. The fraction of sp³-hybridized carbons (Fsp3) is 0.300. The van der Waals surface area contributed by atoms with E-state index in [0.717, 1.165) is 11.1 Å². The molecule has 1 heterocycles. The zero-order chi connectivity index (χ0) is 16.8. The van der Waals surface area contributed by atoms with Crippen LogP contribution in [0.15, 0.2) is 73.0 Å². The molecule has 0 radical (unpaired) electrons. The predicted octanol–water partition coefficient (Wildman–Crippen LogP) is 3.67. The van der Waals surface area contributed by atoms with Crippen LogP contribution in [0.4, 0.5) is 0 Å². The lowest BCUT2D eigenvalue weighted by Gasteiger charge is -2.21. The molecule has 0 bridgehead atoms. The summed E-state index contributed by atoms with van der Waals surface area (Å²) in [7, 11) is 1.59. The summed E-state index contributed by atoms with van der Waals surface area (Å²) in [6.07, 6.45) is -1.23. The van der Waals surface area contributed by atoms with E-state index in [1.165, 1.54) is 0 Å². The van der Waals surface area contributed by atoms with Gasteiger partial charge in [0.15, 0.2) is 6.10 Å². The molecule has 0 aliphatic carbocycles. The summed E-state index contributed by atoms with van der Waals surface area (Å²) in [5.74, 6) is 0.538. The van der Waals surface area contributed by atoms with Crippen molar-refractivity contribution in [3.63, 3.8) is 0 Å². The van der Waals surface area contributed by atoms with Crippen molar-refractivity contribution >= 4 is 0 Å². The molecule has 0 amide bonds. The number of hydrogen-bond donors (Lipinski definition) is 0. The Morgan fingerprint density at radius 3 is 1.96 bits per heavy atom. The first kappa shape index (κ1) is 16.7. The maximum Gasteiger partial charge on any atom is 0.228 e. The van der Waals surface area contributed by atoms with Gasteiger partial charge in [0.1, 0.15) is 11.9 Å². The quantitative estimate of drug-likeness (QED) is 0.778. The lowest BCUT2D eigenvalue weighted by Crippen LogP contribution is -2.35. The van der Waals surface area contributed by atoms with E-state index in [2.05, 4.69) is 6.58 Å². The van der Waals surface area contributed by atoms with Gasteiger partial charge in [-0.25, -0.2) is 0 Å². The fourth-order valence-corrected chi connectivity index (χ4v) is 2.67. The first-order valence-corrected chi connectivity index (χ1v) is 7.97. The zero-order valence-electron chi connectivity index (χ0n) is 13.8. The number of hydrogen-bond acceptors (Lipinski definition) is 4. The normalized spacial score (nSPS) is 23.2. The van der Waals surface area contributed by atoms with Crippen molar-refractivity contribution in [2.24, 2.45) is 0 Å². The minimum Gasteiger partial charge on any atom is -0.464 e. The second-order valence-corrected chi connectivity index (χ2v) is 5.67. The van der Waals surface area contributed by atoms with Gasteiger partial charge in [-0.2, -0.15) is 0 Å². The molecular formula is C20H22O4. The molecule has 1 saturated heterocycles. The van der Waals surface area contributed by atoms with Crippen LogP contribution in [0.1, 0.15) is 11.1 Å². The van der Waals surface area contributed by atoms with Gasteiger partial charge < -0.3 is 18.9 Å². The number of benzene rings is 2. The van der Waals surface area contributed by atoms with Gasteiger partial charge in [0.05, 0.1) is 13.2 Å². The Morgan fingerprint density at radius 2 is 1.42 bits per heavy atom. The smallest absolute Gasteiger partial charge is 0.228 e. The first-order chi connectivity index (χ1) is 11.8. The van der Waals surface area contributed by atoms with Crippen molar-refractivity contribution in [2.75, 3.05) is 7.11 Å². The Balaban J connectivity index is 1.64. The van der Waals surface area contributed by atoms with Crippen molar-refractivity contribution in [1.29, 1.82) is 0 Å². The molecule has 2 aromatic carbocycles. The van der Waals surface area contributed by atoms with Gasteiger partial charge in [-0.05, 0) is 11.1 Å².